The van der Waals surface area contributed by atoms with Crippen molar-refractivity contribution in [2.45, 2.75) is 0 Å². The van der Waals surface area contributed by atoms with Gasteiger partial charge in [0, 0.05) is 42.8 Å². The molecule has 0 saturated heterocycles. The average molecular weight is 492 g/mol. The molecule has 0 aromatic heterocycles. The van der Waals surface area contributed by atoms with Gasteiger partial charge in [-0.2, -0.15) is 0 Å². The summed E-state index contributed by atoms with van der Waals surface area (Å²) in [6, 6.07) is 0. The standard InChI is InChI=1S/4ClH.Sn.Ti.W/h4*1H;;;/q;;;;+4;;/p-4. The summed E-state index contributed by atoms with van der Waals surface area (Å²) in [5.41, 5.74) is 0. The van der Waals surface area contributed by atoms with E-state index in [-0.39, 0.29) is 42.8 Å². The van der Waals surface area contributed by atoms with Crippen molar-refractivity contribution in [3.8, 4) is 0 Å². The second-order valence-corrected chi connectivity index (χ2v) is 25.9. The number of halogens is 4. The van der Waals surface area contributed by atoms with Crippen LogP contribution >= 0.6 is 35.7 Å². The largest absolute Gasteiger partial charge is 0 e. The Balaban J connectivity index is -0.0000000800. The zero-order valence-corrected chi connectivity index (χ0v) is 13.3. The molecule has 0 radical (unpaired) electrons. The van der Waals surface area contributed by atoms with Gasteiger partial charge in [-0.25, -0.2) is 0 Å². The van der Waals surface area contributed by atoms with Crippen LogP contribution in [0.5, 0.6) is 0 Å². The monoisotopic (exact) mass is 492 g/mol. The first-order valence-electron chi connectivity index (χ1n) is 0.756. The van der Waals surface area contributed by atoms with E-state index in [1.54, 1.807) is 0 Å². The molecule has 0 aliphatic rings. The number of hydrogen-bond acceptors (Lipinski definition) is 0. The Hall–Kier alpha value is 3.36. The van der Waals surface area contributed by atoms with Crippen LogP contribution in [0.3, 0.4) is 0 Å². The molecule has 0 saturated carbocycles. The van der Waals surface area contributed by atoms with Gasteiger partial charge in [-0.05, 0) is 0 Å². The summed E-state index contributed by atoms with van der Waals surface area (Å²) >= 11 is -3.29. The van der Waals surface area contributed by atoms with Gasteiger partial charge < -0.3 is 0 Å². The zero-order chi connectivity index (χ0) is 4.50. The molecule has 0 heterocycles. The molecule has 0 aliphatic carbocycles. The van der Waals surface area contributed by atoms with E-state index in [1.807, 2.05) is 0 Å². The van der Waals surface area contributed by atoms with Gasteiger partial charge >= 0.3 is 49.6 Å². The summed E-state index contributed by atoms with van der Waals surface area (Å²) in [5, 5.41) is 0. The van der Waals surface area contributed by atoms with Crippen LogP contribution in [0.4, 0.5) is 0 Å². The SMILES string of the molecule is [Cl][Sn]([Cl])([Cl])[Cl].[Ti].[W]. The molecule has 7 heteroatoms. The first-order valence-corrected chi connectivity index (χ1v) is 15.2. The van der Waals surface area contributed by atoms with Crippen molar-refractivity contribution >= 4 is 49.6 Å². The van der Waals surface area contributed by atoms with Gasteiger partial charge in [0.25, 0.3) is 0 Å². The summed E-state index contributed by atoms with van der Waals surface area (Å²) < 4.78 is 0. The van der Waals surface area contributed by atoms with E-state index < -0.39 is 13.9 Å². The van der Waals surface area contributed by atoms with E-state index >= 15 is 0 Å². The van der Waals surface area contributed by atoms with Crippen molar-refractivity contribution < 1.29 is 42.8 Å². The van der Waals surface area contributed by atoms with Crippen molar-refractivity contribution in [1.82, 2.24) is 0 Å². The fourth-order valence-electron chi connectivity index (χ4n) is 0. The van der Waals surface area contributed by atoms with Crippen LogP contribution < -0.4 is 0 Å². The second-order valence-electron chi connectivity index (χ2n) is 0.429. The van der Waals surface area contributed by atoms with E-state index in [9.17, 15) is 0 Å². The topological polar surface area (TPSA) is 0 Å². The maximum atomic E-state index is 5.04. The van der Waals surface area contributed by atoms with Crippen LogP contribution in [0, 0.1) is 0 Å². The van der Waals surface area contributed by atoms with Gasteiger partial charge in [-0.3, -0.25) is 0 Å². The molecule has 7 heavy (non-hydrogen) atoms. The van der Waals surface area contributed by atoms with Crippen LogP contribution in [0.25, 0.3) is 0 Å². The molecule has 0 aromatic carbocycles. The molecule has 0 nitrogen and oxygen atoms in total. The second kappa shape index (κ2) is 7.47. The minimum absolute atomic E-state index is 0. The maximum Gasteiger partial charge on any atom is 0 e. The Morgan fingerprint density at radius 2 is 0.857 bits per heavy atom. The van der Waals surface area contributed by atoms with Gasteiger partial charge in [0.05, 0.1) is 0 Å². The molecule has 0 rings (SSSR count). The number of rotatable bonds is 0. The third kappa shape index (κ3) is 44.9. The maximum absolute atomic E-state index is 5.04. The minimum Gasteiger partial charge on any atom is 0 e. The first kappa shape index (κ1) is 16.8. The molecule has 0 spiro atoms. The molecule has 0 unspecified atom stereocenters. The van der Waals surface area contributed by atoms with Gasteiger partial charge in [0.15, 0.2) is 0 Å². The molecule has 0 bridgehead atoms. The van der Waals surface area contributed by atoms with E-state index in [4.69, 9.17) is 35.7 Å². The summed E-state index contributed by atoms with van der Waals surface area (Å²) in [7, 11) is 20.1. The summed E-state index contributed by atoms with van der Waals surface area (Å²) in [6.07, 6.45) is 0. The smallest absolute Gasteiger partial charge is 0 e. The fraction of sp³-hybridized carbons (Fsp3) is 0. The summed E-state index contributed by atoms with van der Waals surface area (Å²) in [5.74, 6) is 0. The van der Waals surface area contributed by atoms with Crippen molar-refractivity contribution in [2.75, 3.05) is 0 Å². The quantitative estimate of drug-likeness (QED) is 0.456. The molecule has 0 aromatic rings. The van der Waals surface area contributed by atoms with Crippen LogP contribution in [0.15, 0.2) is 0 Å². The van der Waals surface area contributed by atoms with Crippen LogP contribution in [0.1, 0.15) is 0 Å². The fourth-order valence-corrected chi connectivity index (χ4v) is 0. The zero-order valence-electron chi connectivity index (χ0n) is 2.92. The molecule has 42 valence electrons. The van der Waals surface area contributed by atoms with E-state index in [2.05, 4.69) is 0 Å². The summed E-state index contributed by atoms with van der Waals surface area (Å²) in [6.45, 7) is 0. The van der Waals surface area contributed by atoms with Crippen molar-refractivity contribution in [3.05, 3.63) is 0 Å². The van der Waals surface area contributed by atoms with Crippen molar-refractivity contribution in [2.24, 2.45) is 0 Å². The Morgan fingerprint density at radius 3 is 0.857 bits per heavy atom. The molecular weight excluding hydrogens is 492 g/mol. The van der Waals surface area contributed by atoms with E-state index in [0.29, 0.717) is 0 Å². The first-order chi connectivity index (χ1) is 2.00. The van der Waals surface area contributed by atoms with Gasteiger partial charge in [-0.15, -0.1) is 0 Å². The van der Waals surface area contributed by atoms with Crippen LogP contribution in [-0.2, 0) is 42.8 Å². The Labute approximate surface area is 90.5 Å². The normalized spacial score (nSPS) is 8.57. The molecular formula is Cl4SnTiW. The predicted octanol–water partition coefficient (Wildman–Crippen LogP) is 2.37. The molecule has 0 fully saturated rings. The van der Waals surface area contributed by atoms with Gasteiger partial charge in [0.1, 0.15) is 0 Å². The Bertz CT molecular complexity index is 27.2. The third-order valence-electron chi connectivity index (χ3n) is 0. The van der Waals surface area contributed by atoms with Crippen LogP contribution in [0.2, 0.25) is 0 Å². The van der Waals surface area contributed by atoms with Crippen molar-refractivity contribution in [3.63, 3.8) is 0 Å². The minimum atomic E-state index is -3.29. The van der Waals surface area contributed by atoms with Gasteiger partial charge in [-0.1, -0.05) is 0 Å². The molecule has 0 aliphatic heterocycles. The Kier molecular flexibility index (Phi) is 17.9. The number of hydrogen-bond donors (Lipinski definition) is 0. The van der Waals surface area contributed by atoms with Crippen molar-refractivity contribution in [1.29, 1.82) is 0 Å². The summed E-state index contributed by atoms with van der Waals surface area (Å²) in [4.78, 5) is 0. The van der Waals surface area contributed by atoms with Crippen LogP contribution in [-0.4, -0.2) is 13.9 Å². The van der Waals surface area contributed by atoms with E-state index in [1.165, 1.54) is 0 Å². The molecule has 0 atom stereocenters. The van der Waals surface area contributed by atoms with Gasteiger partial charge in [0.2, 0.25) is 0 Å². The third-order valence-corrected chi connectivity index (χ3v) is 0. The van der Waals surface area contributed by atoms with E-state index in [0.717, 1.165) is 0 Å². The average Bonchev–Trinajstić information content (AvgIpc) is 0.722. The molecule has 0 N–H and O–H groups in total. The molecule has 0 amide bonds. The predicted molar refractivity (Wildman–Crippen MR) is 29.2 cm³/mol. The Morgan fingerprint density at radius 1 is 0.857 bits per heavy atom.